The van der Waals surface area contributed by atoms with Gasteiger partial charge in [-0.05, 0) is 34.5 Å². The number of ketones is 1. The molecular weight excluding hydrogens is 467 g/mol. The Morgan fingerprint density at radius 2 is 1.75 bits per heavy atom. The first-order valence-electron chi connectivity index (χ1n) is 9.39. The molecule has 4 rings (SSSR count). The summed E-state index contributed by atoms with van der Waals surface area (Å²) in [6.45, 7) is 0.318. The van der Waals surface area contributed by atoms with Crippen molar-refractivity contribution in [2.24, 2.45) is 0 Å². The standard InChI is InChI=1S/C23H19N4O2S.2ClH/c28-21(16-6-2-1-3-7-16)17-8-4-10-19(12-17)27-23(29)25-14-20-15-30-22(26-20)18-9-5-11-24-13-18;;/h1-13,15,22H,14H2,(H2,25,27,29);2*1H/q-1;;. The molecule has 1 unspecified atom stereocenters. The Labute approximate surface area is 203 Å². The van der Waals surface area contributed by atoms with E-state index in [1.807, 2.05) is 35.7 Å². The molecule has 0 saturated heterocycles. The van der Waals surface area contributed by atoms with Gasteiger partial charge in [0.2, 0.25) is 0 Å². The van der Waals surface area contributed by atoms with Crippen molar-refractivity contribution in [2.45, 2.75) is 5.37 Å². The number of hydrogen-bond acceptors (Lipinski definition) is 4. The molecule has 166 valence electrons. The first-order chi connectivity index (χ1) is 14.7. The highest BCUT2D eigenvalue weighted by Gasteiger charge is 2.11. The van der Waals surface area contributed by atoms with Gasteiger partial charge >= 0.3 is 6.03 Å². The summed E-state index contributed by atoms with van der Waals surface area (Å²) in [7, 11) is 0. The number of carbonyl (C=O) groups excluding carboxylic acids is 2. The van der Waals surface area contributed by atoms with Gasteiger partial charge in [-0.3, -0.25) is 9.78 Å². The van der Waals surface area contributed by atoms with E-state index in [2.05, 4.69) is 20.9 Å². The van der Waals surface area contributed by atoms with Crippen molar-refractivity contribution in [1.82, 2.24) is 10.3 Å². The molecular formula is C23H21Cl2N4O2S-. The molecule has 3 aromatic rings. The molecule has 1 atom stereocenters. The molecule has 0 bridgehead atoms. The monoisotopic (exact) mass is 487 g/mol. The SMILES string of the molecule is Cl.Cl.O=C(NCC1=CSC(c2cccnc2)[N-]1)Nc1cccc(C(=O)c2ccccc2)c1. The Bertz CT molecular complexity index is 1080. The Kier molecular flexibility index (Phi) is 9.59. The molecule has 0 aliphatic carbocycles. The number of thioether (sulfide) groups is 1. The lowest BCUT2D eigenvalue weighted by Gasteiger charge is -2.27. The van der Waals surface area contributed by atoms with Gasteiger partial charge in [0, 0.05) is 35.8 Å². The summed E-state index contributed by atoms with van der Waals surface area (Å²) in [4.78, 5) is 29.0. The predicted octanol–water partition coefficient (Wildman–Crippen LogP) is 5.94. The molecule has 9 heteroatoms. The van der Waals surface area contributed by atoms with Crippen molar-refractivity contribution in [3.8, 4) is 0 Å². The summed E-state index contributed by atoms with van der Waals surface area (Å²) in [5.74, 6) is -0.0898. The normalized spacial score (nSPS) is 14.1. The van der Waals surface area contributed by atoms with Crippen molar-refractivity contribution < 1.29 is 9.59 Å². The lowest BCUT2D eigenvalue weighted by Crippen LogP contribution is -2.30. The van der Waals surface area contributed by atoms with Gasteiger partial charge in [-0.2, -0.15) is 0 Å². The average Bonchev–Trinajstić information content (AvgIpc) is 3.28. The summed E-state index contributed by atoms with van der Waals surface area (Å²) >= 11 is 1.58. The minimum Gasteiger partial charge on any atom is -0.671 e. The zero-order chi connectivity index (χ0) is 20.8. The fourth-order valence-corrected chi connectivity index (χ4v) is 3.88. The van der Waals surface area contributed by atoms with E-state index in [0.717, 1.165) is 11.3 Å². The molecule has 6 nitrogen and oxygen atoms in total. The van der Waals surface area contributed by atoms with Crippen LogP contribution in [-0.2, 0) is 0 Å². The second-order valence-electron chi connectivity index (χ2n) is 6.60. The minimum absolute atomic E-state index is 0. The average molecular weight is 488 g/mol. The molecule has 0 radical (unpaired) electrons. The maximum absolute atomic E-state index is 12.6. The van der Waals surface area contributed by atoms with Gasteiger partial charge < -0.3 is 16.0 Å². The Morgan fingerprint density at radius 1 is 0.969 bits per heavy atom. The van der Waals surface area contributed by atoms with Crippen LogP contribution in [0, 0.1) is 0 Å². The van der Waals surface area contributed by atoms with Crippen LogP contribution in [0.5, 0.6) is 0 Å². The Morgan fingerprint density at radius 3 is 2.50 bits per heavy atom. The number of nitrogens with zero attached hydrogens (tertiary/aromatic N) is 2. The molecule has 2 N–H and O–H groups in total. The number of aromatic nitrogens is 1. The summed E-state index contributed by atoms with van der Waals surface area (Å²) in [6.07, 6.45) is 3.52. The first kappa shape index (κ1) is 25.3. The lowest BCUT2D eigenvalue weighted by atomic mass is 10.0. The molecule has 0 spiro atoms. The minimum atomic E-state index is -0.356. The Balaban J connectivity index is 0.00000181. The Hall–Kier alpha value is -3.00. The van der Waals surface area contributed by atoms with Crippen LogP contribution in [0.1, 0.15) is 26.9 Å². The number of amides is 2. The smallest absolute Gasteiger partial charge is 0.319 e. The molecule has 2 heterocycles. The van der Waals surface area contributed by atoms with Crippen molar-refractivity contribution in [3.05, 3.63) is 112 Å². The van der Waals surface area contributed by atoms with E-state index in [4.69, 9.17) is 0 Å². The highest BCUT2D eigenvalue weighted by Crippen LogP contribution is 2.43. The second-order valence-corrected chi connectivity index (χ2v) is 7.55. The van der Waals surface area contributed by atoms with Crippen LogP contribution in [0.25, 0.3) is 5.32 Å². The number of benzene rings is 2. The maximum atomic E-state index is 12.6. The van der Waals surface area contributed by atoms with Crippen LogP contribution in [0.3, 0.4) is 0 Å². The van der Waals surface area contributed by atoms with Gasteiger partial charge in [-0.15, -0.1) is 42.3 Å². The van der Waals surface area contributed by atoms with E-state index in [1.54, 1.807) is 60.6 Å². The van der Waals surface area contributed by atoms with E-state index >= 15 is 0 Å². The zero-order valence-electron chi connectivity index (χ0n) is 16.8. The summed E-state index contributed by atoms with van der Waals surface area (Å²) in [5.41, 5.74) is 3.50. The lowest BCUT2D eigenvalue weighted by molar-refractivity contribution is 0.103. The first-order valence-corrected chi connectivity index (χ1v) is 10.3. The molecule has 1 aliphatic heterocycles. The molecule has 0 fully saturated rings. The van der Waals surface area contributed by atoms with Crippen molar-refractivity contribution in [3.63, 3.8) is 0 Å². The molecule has 32 heavy (non-hydrogen) atoms. The van der Waals surface area contributed by atoms with Crippen LogP contribution < -0.4 is 10.6 Å². The molecule has 1 aliphatic rings. The van der Waals surface area contributed by atoms with Gasteiger partial charge in [-0.25, -0.2) is 4.79 Å². The second kappa shape index (κ2) is 12.1. The van der Waals surface area contributed by atoms with Crippen LogP contribution in [0.15, 0.2) is 90.2 Å². The van der Waals surface area contributed by atoms with E-state index in [-0.39, 0.29) is 42.0 Å². The predicted molar refractivity (Wildman–Crippen MR) is 134 cm³/mol. The number of nitrogens with one attached hydrogen (secondary N) is 2. The number of carbonyl (C=O) groups is 2. The van der Waals surface area contributed by atoms with Gasteiger partial charge in [0.1, 0.15) is 0 Å². The topological polar surface area (TPSA) is 85.2 Å². The highest BCUT2D eigenvalue weighted by molar-refractivity contribution is 8.02. The quantitative estimate of drug-likeness (QED) is 0.421. The van der Waals surface area contributed by atoms with Gasteiger partial charge in [-0.1, -0.05) is 48.5 Å². The number of halogens is 2. The molecule has 1 aromatic heterocycles. The third kappa shape index (κ3) is 6.50. The number of rotatable bonds is 6. The van der Waals surface area contributed by atoms with Crippen molar-refractivity contribution in [2.75, 3.05) is 11.9 Å². The largest absolute Gasteiger partial charge is 0.671 e. The number of anilines is 1. The highest BCUT2D eigenvalue weighted by atomic mass is 35.5. The van der Waals surface area contributed by atoms with Crippen LogP contribution in [-0.4, -0.2) is 23.3 Å². The van der Waals surface area contributed by atoms with E-state index in [9.17, 15) is 9.59 Å². The van der Waals surface area contributed by atoms with Crippen molar-refractivity contribution in [1.29, 1.82) is 0 Å². The third-order valence-corrected chi connectivity index (χ3v) is 5.48. The fraction of sp³-hybridized carbons (Fsp3) is 0.0870. The number of pyridine rings is 1. The molecule has 0 saturated carbocycles. The van der Waals surface area contributed by atoms with Crippen LogP contribution in [0.4, 0.5) is 10.5 Å². The summed E-state index contributed by atoms with van der Waals surface area (Å²) < 4.78 is 0. The zero-order valence-corrected chi connectivity index (χ0v) is 19.3. The summed E-state index contributed by atoms with van der Waals surface area (Å²) in [5, 5.41) is 12.1. The van der Waals surface area contributed by atoms with Gasteiger partial charge in [0.05, 0.1) is 0 Å². The van der Waals surface area contributed by atoms with Crippen molar-refractivity contribution >= 4 is 54.1 Å². The van der Waals surface area contributed by atoms with Crippen LogP contribution in [0.2, 0.25) is 0 Å². The van der Waals surface area contributed by atoms with Crippen LogP contribution >= 0.6 is 36.6 Å². The third-order valence-electron chi connectivity index (χ3n) is 4.43. The number of hydrogen-bond donors (Lipinski definition) is 2. The summed E-state index contributed by atoms with van der Waals surface area (Å²) in [6, 6.07) is 19.4. The molecule has 2 aromatic carbocycles. The number of urea groups is 1. The van der Waals surface area contributed by atoms with E-state index in [1.165, 1.54) is 0 Å². The van der Waals surface area contributed by atoms with Gasteiger partial charge in [0.25, 0.3) is 0 Å². The fourth-order valence-electron chi connectivity index (χ4n) is 2.96. The maximum Gasteiger partial charge on any atom is 0.319 e. The van der Waals surface area contributed by atoms with E-state index < -0.39 is 0 Å². The molecule has 2 amide bonds. The van der Waals surface area contributed by atoms with Gasteiger partial charge in [0.15, 0.2) is 5.78 Å². The van der Waals surface area contributed by atoms with E-state index in [0.29, 0.717) is 23.4 Å².